The highest BCUT2D eigenvalue weighted by molar-refractivity contribution is 5.83. The highest BCUT2D eigenvalue weighted by Gasteiger charge is 2.28. The van der Waals surface area contributed by atoms with E-state index in [2.05, 4.69) is 0 Å². The number of carbonyl (C=O) groups is 1. The van der Waals surface area contributed by atoms with Crippen LogP contribution in [0.1, 0.15) is 19.8 Å². The van der Waals surface area contributed by atoms with Crippen LogP contribution in [0.3, 0.4) is 0 Å². The Kier molecular flexibility index (Phi) is 5.83. The maximum absolute atomic E-state index is 12.4. The Hall–Kier alpha value is -2.51. The van der Waals surface area contributed by atoms with Crippen LogP contribution in [0.25, 0.3) is 0 Å². The van der Waals surface area contributed by atoms with E-state index in [1.807, 2.05) is 11.8 Å². The van der Waals surface area contributed by atoms with Crippen molar-refractivity contribution in [3.05, 3.63) is 22.2 Å². The minimum absolute atomic E-state index is 0.0153. The zero-order chi connectivity index (χ0) is 17.7. The maximum Gasteiger partial charge on any atom is 0.296 e. The number of hydrogen-bond donors (Lipinski definition) is 0. The van der Waals surface area contributed by atoms with Gasteiger partial charge in [-0.3, -0.25) is 14.9 Å². The van der Waals surface area contributed by atoms with Gasteiger partial charge in [-0.25, -0.2) is 0 Å². The first kappa shape index (κ1) is 17.8. The van der Waals surface area contributed by atoms with E-state index in [9.17, 15) is 14.9 Å². The lowest BCUT2D eigenvalue weighted by molar-refractivity contribution is -0.384. The summed E-state index contributed by atoms with van der Waals surface area (Å²) in [6.07, 6.45) is 1.65. The second kappa shape index (κ2) is 7.85. The average Bonchev–Trinajstić information content (AvgIpc) is 2.75. The molecule has 0 unspecified atom stereocenters. The lowest BCUT2D eigenvalue weighted by Gasteiger charge is -2.23. The third-order valence-electron chi connectivity index (χ3n) is 4.05. The van der Waals surface area contributed by atoms with E-state index in [-0.39, 0.29) is 18.1 Å². The van der Waals surface area contributed by atoms with Crippen molar-refractivity contribution in [2.45, 2.75) is 19.8 Å². The molecule has 1 amide bonds. The van der Waals surface area contributed by atoms with Crippen LogP contribution < -0.4 is 14.4 Å². The molecule has 8 heteroatoms. The van der Waals surface area contributed by atoms with E-state index >= 15 is 0 Å². The van der Waals surface area contributed by atoms with Crippen LogP contribution in [-0.2, 0) is 4.79 Å². The van der Waals surface area contributed by atoms with Gasteiger partial charge in [0.1, 0.15) is 5.69 Å². The standard InChI is InChI=1S/C16H23N3O5/c1-4-6-17-7-5-8-18(11-16(17)20)12-9-14(23-2)15(24-3)10-13(12)19(21)22/h9-10H,4-8,11H2,1-3H3. The lowest BCUT2D eigenvalue weighted by atomic mass is 10.2. The summed E-state index contributed by atoms with van der Waals surface area (Å²) in [6, 6.07) is 2.91. The smallest absolute Gasteiger partial charge is 0.296 e. The number of ether oxygens (including phenoxy) is 2. The second-order valence-corrected chi connectivity index (χ2v) is 5.61. The van der Waals surface area contributed by atoms with Crippen molar-refractivity contribution in [2.24, 2.45) is 0 Å². The van der Waals surface area contributed by atoms with Crippen molar-refractivity contribution in [3.63, 3.8) is 0 Å². The number of methoxy groups -OCH3 is 2. The number of benzene rings is 1. The molecule has 0 aliphatic carbocycles. The first-order valence-corrected chi connectivity index (χ1v) is 7.95. The molecule has 1 fully saturated rings. The summed E-state index contributed by atoms with van der Waals surface area (Å²) < 4.78 is 10.4. The fraction of sp³-hybridized carbons (Fsp3) is 0.562. The molecule has 1 saturated heterocycles. The van der Waals surface area contributed by atoms with Crippen molar-refractivity contribution in [1.82, 2.24) is 4.90 Å². The van der Waals surface area contributed by atoms with Crippen LogP contribution in [0, 0.1) is 10.1 Å². The van der Waals surface area contributed by atoms with Gasteiger partial charge in [0, 0.05) is 25.7 Å². The number of rotatable bonds is 6. The Morgan fingerprint density at radius 3 is 2.46 bits per heavy atom. The van der Waals surface area contributed by atoms with Crippen LogP contribution in [-0.4, -0.2) is 56.1 Å². The normalized spacial score (nSPS) is 15.2. The molecule has 1 aliphatic heterocycles. The van der Waals surface area contributed by atoms with Gasteiger partial charge >= 0.3 is 0 Å². The Bertz CT molecular complexity index is 620. The minimum atomic E-state index is -0.462. The molecular formula is C16H23N3O5. The Morgan fingerprint density at radius 1 is 1.21 bits per heavy atom. The number of carbonyl (C=O) groups excluding carboxylic acids is 1. The van der Waals surface area contributed by atoms with Crippen molar-refractivity contribution in [2.75, 3.05) is 45.3 Å². The first-order chi connectivity index (χ1) is 11.5. The number of amides is 1. The van der Waals surface area contributed by atoms with E-state index in [0.717, 1.165) is 12.8 Å². The molecular weight excluding hydrogens is 314 g/mol. The molecule has 1 heterocycles. The molecule has 2 rings (SSSR count). The molecule has 0 atom stereocenters. The quantitative estimate of drug-likeness (QED) is 0.583. The number of anilines is 1. The van der Waals surface area contributed by atoms with E-state index in [0.29, 0.717) is 36.8 Å². The average molecular weight is 337 g/mol. The predicted molar refractivity (Wildman–Crippen MR) is 89.9 cm³/mol. The number of nitrogens with zero attached hydrogens (tertiary/aromatic N) is 3. The highest BCUT2D eigenvalue weighted by atomic mass is 16.6. The third kappa shape index (κ3) is 3.69. The van der Waals surface area contributed by atoms with Gasteiger partial charge in [-0.2, -0.15) is 0 Å². The largest absolute Gasteiger partial charge is 0.493 e. The van der Waals surface area contributed by atoms with E-state index in [4.69, 9.17) is 9.47 Å². The van der Waals surface area contributed by atoms with Gasteiger partial charge in [-0.1, -0.05) is 6.92 Å². The topological polar surface area (TPSA) is 85.2 Å². The number of nitro benzene ring substituents is 1. The van der Waals surface area contributed by atoms with E-state index < -0.39 is 4.92 Å². The molecule has 0 bridgehead atoms. The van der Waals surface area contributed by atoms with Gasteiger partial charge in [0.25, 0.3) is 5.69 Å². The van der Waals surface area contributed by atoms with Crippen LogP contribution in [0.2, 0.25) is 0 Å². The highest BCUT2D eigenvalue weighted by Crippen LogP contribution is 2.39. The van der Waals surface area contributed by atoms with Gasteiger partial charge in [0.2, 0.25) is 5.91 Å². The molecule has 0 N–H and O–H groups in total. The summed E-state index contributed by atoms with van der Waals surface area (Å²) in [4.78, 5) is 27.0. The predicted octanol–water partition coefficient (Wildman–Crippen LogP) is 2.06. The van der Waals surface area contributed by atoms with Gasteiger partial charge in [-0.15, -0.1) is 0 Å². The van der Waals surface area contributed by atoms with Crippen molar-refractivity contribution >= 4 is 17.3 Å². The molecule has 8 nitrogen and oxygen atoms in total. The molecule has 1 aliphatic rings. The van der Waals surface area contributed by atoms with Gasteiger partial charge in [0.05, 0.1) is 31.8 Å². The van der Waals surface area contributed by atoms with Gasteiger partial charge in [0.15, 0.2) is 11.5 Å². The molecule has 24 heavy (non-hydrogen) atoms. The number of hydrogen-bond acceptors (Lipinski definition) is 6. The summed E-state index contributed by atoms with van der Waals surface area (Å²) in [5.74, 6) is 0.681. The third-order valence-corrected chi connectivity index (χ3v) is 4.05. The second-order valence-electron chi connectivity index (χ2n) is 5.61. The first-order valence-electron chi connectivity index (χ1n) is 7.95. The van der Waals surface area contributed by atoms with Crippen LogP contribution in [0.5, 0.6) is 11.5 Å². The van der Waals surface area contributed by atoms with Gasteiger partial charge < -0.3 is 19.3 Å². The van der Waals surface area contributed by atoms with Crippen LogP contribution in [0.4, 0.5) is 11.4 Å². The zero-order valence-corrected chi connectivity index (χ0v) is 14.3. The summed E-state index contributed by atoms with van der Waals surface area (Å²) >= 11 is 0. The SMILES string of the molecule is CCCN1CCCN(c2cc(OC)c(OC)cc2[N+](=O)[O-])CC1=O. The van der Waals surface area contributed by atoms with E-state index in [1.165, 1.54) is 20.3 Å². The molecule has 0 radical (unpaired) electrons. The van der Waals surface area contributed by atoms with E-state index in [1.54, 1.807) is 11.0 Å². The summed E-state index contributed by atoms with van der Waals surface area (Å²) in [5.41, 5.74) is 0.286. The maximum atomic E-state index is 12.4. The van der Waals surface area contributed by atoms with Crippen LogP contribution in [0.15, 0.2) is 12.1 Å². The fourth-order valence-corrected chi connectivity index (χ4v) is 2.89. The monoisotopic (exact) mass is 337 g/mol. The van der Waals surface area contributed by atoms with Crippen molar-refractivity contribution in [1.29, 1.82) is 0 Å². The molecule has 0 aromatic heterocycles. The van der Waals surface area contributed by atoms with Gasteiger partial charge in [-0.05, 0) is 12.8 Å². The molecule has 1 aromatic rings. The summed E-state index contributed by atoms with van der Waals surface area (Å²) in [5, 5.41) is 11.5. The Balaban J connectivity index is 2.39. The zero-order valence-electron chi connectivity index (χ0n) is 14.3. The number of nitro groups is 1. The molecule has 1 aromatic carbocycles. The molecule has 132 valence electrons. The summed E-state index contributed by atoms with van der Waals surface area (Å²) in [7, 11) is 2.91. The van der Waals surface area contributed by atoms with Crippen LogP contribution >= 0.6 is 0 Å². The summed E-state index contributed by atoms with van der Waals surface area (Å²) in [6.45, 7) is 4.10. The fourth-order valence-electron chi connectivity index (χ4n) is 2.89. The van der Waals surface area contributed by atoms with Crippen molar-refractivity contribution in [3.8, 4) is 11.5 Å². The molecule has 0 saturated carbocycles. The Morgan fingerprint density at radius 2 is 1.88 bits per heavy atom. The van der Waals surface area contributed by atoms with Crippen molar-refractivity contribution < 1.29 is 19.2 Å². The Labute approximate surface area is 141 Å². The minimum Gasteiger partial charge on any atom is -0.493 e. The molecule has 0 spiro atoms. The lowest BCUT2D eigenvalue weighted by Crippen LogP contribution is -2.37.